The Hall–Kier alpha value is -1.07. The molecule has 21 heavy (non-hydrogen) atoms. The molecule has 1 fully saturated rings. The van der Waals surface area contributed by atoms with Gasteiger partial charge >= 0.3 is 0 Å². The first-order valence-corrected chi connectivity index (χ1v) is 8.75. The number of piperidine rings is 1. The van der Waals surface area contributed by atoms with E-state index in [-0.39, 0.29) is 5.91 Å². The number of fused-ring (bicyclic) bond motifs is 1. The van der Waals surface area contributed by atoms with Crippen LogP contribution in [0, 0.1) is 5.41 Å². The van der Waals surface area contributed by atoms with Gasteiger partial charge in [-0.05, 0) is 36.5 Å². The van der Waals surface area contributed by atoms with Crippen molar-refractivity contribution < 1.29 is 4.79 Å². The van der Waals surface area contributed by atoms with Crippen LogP contribution in [-0.4, -0.2) is 23.9 Å². The van der Waals surface area contributed by atoms with Crippen molar-refractivity contribution in [1.82, 2.24) is 4.90 Å². The van der Waals surface area contributed by atoms with Crippen LogP contribution in [0.1, 0.15) is 36.4 Å². The van der Waals surface area contributed by atoms with Gasteiger partial charge in [0.25, 0.3) is 5.91 Å². The molecule has 1 saturated heterocycles. The maximum absolute atomic E-state index is 12.7. The summed E-state index contributed by atoms with van der Waals surface area (Å²) in [5.41, 5.74) is 7.17. The third kappa shape index (κ3) is 2.81. The van der Waals surface area contributed by atoms with Gasteiger partial charge in [-0.1, -0.05) is 29.8 Å². The van der Waals surface area contributed by atoms with Crippen LogP contribution in [0.4, 0.5) is 5.69 Å². The van der Waals surface area contributed by atoms with Gasteiger partial charge in [-0.25, -0.2) is 0 Å². The highest BCUT2D eigenvalue weighted by molar-refractivity contribution is 9.10. The Kier molecular flexibility index (Phi) is 3.74. The number of hydrogen-bond donors (Lipinski definition) is 1. The number of carbonyl (C=O) groups is 1. The third-order valence-electron chi connectivity index (χ3n) is 4.29. The number of amides is 1. The van der Waals surface area contributed by atoms with Crippen LogP contribution in [0.3, 0.4) is 0 Å². The van der Waals surface area contributed by atoms with Crippen LogP contribution in [-0.2, 0) is 0 Å². The number of hydrogen-bond acceptors (Lipinski definition) is 3. The number of anilines is 1. The van der Waals surface area contributed by atoms with Crippen molar-refractivity contribution >= 4 is 48.9 Å². The van der Waals surface area contributed by atoms with E-state index in [1.165, 1.54) is 11.3 Å². The van der Waals surface area contributed by atoms with Gasteiger partial charge in [0.1, 0.15) is 4.88 Å². The van der Waals surface area contributed by atoms with E-state index in [1.54, 1.807) is 0 Å². The minimum atomic E-state index is 0.0836. The van der Waals surface area contributed by atoms with E-state index in [0.717, 1.165) is 40.5 Å². The molecule has 2 aromatic rings. The molecule has 2 heterocycles. The van der Waals surface area contributed by atoms with Crippen LogP contribution < -0.4 is 5.73 Å². The summed E-state index contributed by atoms with van der Waals surface area (Å²) in [5, 5.41) is 0.968. The zero-order valence-electron chi connectivity index (χ0n) is 12.3. The summed E-state index contributed by atoms with van der Waals surface area (Å²) >= 11 is 4.95. The lowest BCUT2D eigenvalue weighted by Gasteiger charge is -2.36. The van der Waals surface area contributed by atoms with Gasteiger partial charge < -0.3 is 10.6 Å². The van der Waals surface area contributed by atoms with Crippen LogP contribution >= 0.6 is 27.3 Å². The smallest absolute Gasteiger partial charge is 0.266 e. The number of carbonyl (C=O) groups excluding carboxylic acids is 1. The Morgan fingerprint density at radius 1 is 1.33 bits per heavy atom. The number of rotatable bonds is 1. The third-order valence-corrected chi connectivity index (χ3v) is 5.95. The van der Waals surface area contributed by atoms with Gasteiger partial charge in [-0.2, -0.15) is 0 Å². The molecule has 5 heteroatoms. The summed E-state index contributed by atoms with van der Waals surface area (Å²) in [6.45, 7) is 6.17. The molecule has 0 aliphatic carbocycles. The van der Waals surface area contributed by atoms with Gasteiger partial charge in [0.15, 0.2) is 0 Å². The van der Waals surface area contributed by atoms with Crippen LogP contribution in [0.15, 0.2) is 22.7 Å². The molecule has 0 unspecified atom stereocenters. The number of nitrogens with two attached hydrogens (primary N) is 1. The summed E-state index contributed by atoms with van der Waals surface area (Å²) in [5.74, 6) is 0.0836. The van der Waals surface area contributed by atoms with Crippen molar-refractivity contribution in [2.75, 3.05) is 18.8 Å². The van der Waals surface area contributed by atoms with Crippen LogP contribution in [0.25, 0.3) is 10.1 Å². The second-order valence-electron chi connectivity index (χ2n) is 6.44. The lowest BCUT2D eigenvalue weighted by atomic mass is 9.82. The van der Waals surface area contributed by atoms with Gasteiger partial charge in [0, 0.05) is 27.6 Å². The molecule has 3 nitrogen and oxygen atoms in total. The van der Waals surface area contributed by atoms with Crippen LogP contribution in [0.5, 0.6) is 0 Å². The van der Waals surface area contributed by atoms with Crippen molar-refractivity contribution in [2.45, 2.75) is 26.7 Å². The molecule has 0 bridgehead atoms. The average molecular weight is 367 g/mol. The number of halogens is 1. The molecule has 0 spiro atoms. The molecule has 1 aromatic heterocycles. The predicted molar refractivity (Wildman–Crippen MR) is 92.9 cm³/mol. The normalized spacial score (nSPS) is 18.1. The second-order valence-corrected chi connectivity index (χ2v) is 8.41. The van der Waals surface area contributed by atoms with E-state index in [2.05, 4.69) is 29.8 Å². The number of nitrogen functional groups attached to an aromatic ring is 1. The molecule has 3 rings (SSSR count). The maximum atomic E-state index is 12.7. The lowest BCUT2D eigenvalue weighted by molar-refractivity contribution is 0.0636. The Morgan fingerprint density at radius 3 is 2.67 bits per heavy atom. The SMILES string of the molecule is CC1(C)CCN(C(=O)c2sc3ccc(Br)cc3c2N)CC1. The van der Waals surface area contributed by atoms with Gasteiger partial charge in [0.2, 0.25) is 0 Å². The summed E-state index contributed by atoms with van der Waals surface area (Å²) in [4.78, 5) is 15.4. The Morgan fingerprint density at radius 2 is 2.00 bits per heavy atom. The fourth-order valence-electron chi connectivity index (χ4n) is 2.71. The first-order chi connectivity index (χ1) is 9.87. The van der Waals surface area contributed by atoms with E-state index in [9.17, 15) is 4.79 Å². The highest BCUT2D eigenvalue weighted by atomic mass is 79.9. The molecule has 1 aromatic carbocycles. The van der Waals surface area contributed by atoms with E-state index in [4.69, 9.17) is 5.73 Å². The summed E-state index contributed by atoms with van der Waals surface area (Å²) < 4.78 is 2.05. The molecule has 0 saturated carbocycles. The molecular formula is C16H19BrN2OS. The van der Waals surface area contributed by atoms with Crippen LogP contribution in [0.2, 0.25) is 0 Å². The van der Waals surface area contributed by atoms with E-state index in [1.807, 2.05) is 23.1 Å². The average Bonchev–Trinajstić information content (AvgIpc) is 2.75. The molecular weight excluding hydrogens is 348 g/mol. The van der Waals surface area contributed by atoms with E-state index < -0.39 is 0 Å². The van der Waals surface area contributed by atoms with Crippen molar-refractivity contribution in [3.05, 3.63) is 27.5 Å². The van der Waals surface area contributed by atoms with Gasteiger partial charge in [-0.15, -0.1) is 11.3 Å². The molecule has 2 N–H and O–H groups in total. The molecule has 112 valence electrons. The van der Waals surface area contributed by atoms with Crippen molar-refractivity contribution in [3.63, 3.8) is 0 Å². The number of likely N-dealkylation sites (tertiary alicyclic amines) is 1. The lowest BCUT2D eigenvalue weighted by Crippen LogP contribution is -2.41. The Bertz CT molecular complexity index is 698. The zero-order valence-corrected chi connectivity index (χ0v) is 14.7. The molecule has 0 radical (unpaired) electrons. The number of thiophene rings is 1. The summed E-state index contributed by atoms with van der Waals surface area (Å²) in [6.07, 6.45) is 2.10. The minimum Gasteiger partial charge on any atom is -0.397 e. The Balaban J connectivity index is 1.90. The highest BCUT2D eigenvalue weighted by Crippen LogP contribution is 2.37. The largest absolute Gasteiger partial charge is 0.397 e. The molecule has 1 aliphatic rings. The standard InChI is InChI=1S/C16H19BrN2OS/c1-16(2)5-7-19(8-6-16)15(20)14-13(18)11-9-10(17)3-4-12(11)21-14/h3-4,9H,5-8,18H2,1-2H3. The van der Waals surface area contributed by atoms with Crippen molar-refractivity contribution in [2.24, 2.45) is 5.41 Å². The quantitative estimate of drug-likeness (QED) is 0.806. The first kappa shape index (κ1) is 14.9. The monoisotopic (exact) mass is 366 g/mol. The van der Waals surface area contributed by atoms with Gasteiger partial charge in [0.05, 0.1) is 5.69 Å². The maximum Gasteiger partial charge on any atom is 0.266 e. The first-order valence-electron chi connectivity index (χ1n) is 7.14. The van der Waals surface area contributed by atoms with Crippen molar-refractivity contribution in [3.8, 4) is 0 Å². The number of nitrogens with zero attached hydrogens (tertiary/aromatic N) is 1. The minimum absolute atomic E-state index is 0.0836. The molecule has 0 atom stereocenters. The fraction of sp³-hybridized carbons (Fsp3) is 0.438. The summed E-state index contributed by atoms with van der Waals surface area (Å²) in [7, 11) is 0. The predicted octanol–water partition coefficient (Wildman–Crippen LogP) is 4.51. The number of benzene rings is 1. The Labute approximate surface area is 137 Å². The fourth-order valence-corrected chi connectivity index (χ4v) is 4.14. The van der Waals surface area contributed by atoms with E-state index >= 15 is 0 Å². The van der Waals surface area contributed by atoms with Crippen molar-refractivity contribution in [1.29, 1.82) is 0 Å². The summed E-state index contributed by atoms with van der Waals surface area (Å²) in [6, 6.07) is 5.98. The second kappa shape index (κ2) is 5.29. The molecule has 1 amide bonds. The topological polar surface area (TPSA) is 46.3 Å². The molecule has 1 aliphatic heterocycles. The zero-order chi connectivity index (χ0) is 15.2. The van der Waals surface area contributed by atoms with Gasteiger partial charge in [-0.3, -0.25) is 4.79 Å². The van der Waals surface area contributed by atoms with E-state index in [0.29, 0.717) is 16.0 Å². The highest BCUT2D eigenvalue weighted by Gasteiger charge is 2.30.